The van der Waals surface area contributed by atoms with E-state index in [1.807, 2.05) is 48.5 Å². The summed E-state index contributed by atoms with van der Waals surface area (Å²) in [5, 5.41) is 11.2. The highest BCUT2D eigenvalue weighted by Gasteiger charge is 2.38. The van der Waals surface area contributed by atoms with Crippen molar-refractivity contribution in [1.82, 2.24) is 4.90 Å². The summed E-state index contributed by atoms with van der Waals surface area (Å²) in [6, 6.07) is 17.9. The SMILES string of the molecule is CC(C)N1CC2=C(OC(N)=C(C#N)C2c2cccc(Cl)c2)/C(=C/c2cccc(Cl)c2)C1. The van der Waals surface area contributed by atoms with Gasteiger partial charge in [-0.2, -0.15) is 5.26 Å². The summed E-state index contributed by atoms with van der Waals surface area (Å²) in [7, 11) is 0. The molecule has 0 fully saturated rings. The molecule has 0 bridgehead atoms. The number of ether oxygens (including phenoxy) is 1. The van der Waals surface area contributed by atoms with Crippen LogP contribution in [0, 0.1) is 11.3 Å². The second-order valence-electron chi connectivity index (χ2n) is 8.06. The standard InChI is InChI=1S/C25H23Cl2N3O/c1-15(2)30-13-18(9-16-5-3-7-19(26)10-16)24-22(14-30)23(21(12-28)25(29)31-24)17-6-4-8-20(27)11-17/h3-11,15,23H,13-14,29H2,1-2H3/b18-9+. The summed E-state index contributed by atoms with van der Waals surface area (Å²) in [6.45, 7) is 5.71. The first-order valence-corrected chi connectivity index (χ1v) is 10.9. The van der Waals surface area contributed by atoms with Gasteiger partial charge in [0.1, 0.15) is 17.4 Å². The van der Waals surface area contributed by atoms with Gasteiger partial charge in [0.05, 0.1) is 5.92 Å². The number of nitriles is 1. The number of halogens is 2. The zero-order chi connectivity index (χ0) is 22.1. The van der Waals surface area contributed by atoms with E-state index < -0.39 is 0 Å². The van der Waals surface area contributed by atoms with Gasteiger partial charge < -0.3 is 10.5 Å². The molecule has 0 saturated heterocycles. The molecule has 31 heavy (non-hydrogen) atoms. The topological polar surface area (TPSA) is 62.3 Å². The Morgan fingerprint density at radius 2 is 1.84 bits per heavy atom. The fourth-order valence-electron chi connectivity index (χ4n) is 4.13. The maximum Gasteiger partial charge on any atom is 0.205 e. The Morgan fingerprint density at radius 3 is 2.48 bits per heavy atom. The molecule has 2 aliphatic rings. The molecule has 0 aliphatic carbocycles. The normalized spacial score (nSPS) is 20.6. The van der Waals surface area contributed by atoms with Crippen molar-refractivity contribution in [2.45, 2.75) is 25.8 Å². The van der Waals surface area contributed by atoms with E-state index in [1.54, 1.807) is 0 Å². The van der Waals surface area contributed by atoms with Crippen LogP contribution in [0.25, 0.3) is 6.08 Å². The van der Waals surface area contributed by atoms with Crippen LogP contribution in [0.4, 0.5) is 0 Å². The van der Waals surface area contributed by atoms with Gasteiger partial charge in [0.15, 0.2) is 0 Å². The summed E-state index contributed by atoms with van der Waals surface area (Å²) >= 11 is 12.5. The van der Waals surface area contributed by atoms with Crippen molar-refractivity contribution < 1.29 is 4.74 Å². The van der Waals surface area contributed by atoms with Crippen LogP contribution in [-0.2, 0) is 4.74 Å². The van der Waals surface area contributed by atoms with Gasteiger partial charge in [-0.3, -0.25) is 4.90 Å². The van der Waals surface area contributed by atoms with Gasteiger partial charge in [0, 0.05) is 34.7 Å². The average molecular weight is 452 g/mol. The molecule has 4 nitrogen and oxygen atoms in total. The Bertz CT molecular complexity index is 1160. The Labute approximate surface area is 192 Å². The van der Waals surface area contributed by atoms with Crippen molar-refractivity contribution in [1.29, 1.82) is 5.26 Å². The maximum absolute atomic E-state index is 9.89. The van der Waals surface area contributed by atoms with E-state index in [0.717, 1.165) is 28.0 Å². The summed E-state index contributed by atoms with van der Waals surface area (Å²) in [4.78, 5) is 2.35. The lowest BCUT2D eigenvalue weighted by molar-refractivity contribution is 0.208. The van der Waals surface area contributed by atoms with Gasteiger partial charge in [-0.15, -0.1) is 0 Å². The lowest BCUT2D eigenvalue weighted by atomic mass is 9.80. The van der Waals surface area contributed by atoms with Crippen molar-refractivity contribution in [3.63, 3.8) is 0 Å². The molecule has 0 aromatic heterocycles. The van der Waals surface area contributed by atoms with Crippen LogP contribution in [0.1, 0.15) is 30.9 Å². The minimum atomic E-state index is -0.309. The molecule has 2 heterocycles. The van der Waals surface area contributed by atoms with Gasteiger partial charge in [0.2, 0.25) is 5.88 Å². The highest BCUT2D eigenvalue weighted by molar-refractivity contribution is 6.31. The number of nitrogens with zero attached hydrogens (tertiary/aromatic N) is 2. The molecule has 0 saturated carbocycles. The summed E-state index contributed by atoms with van der Waals surface area (Å²) in [5.41, 5.74) is 10.6. The largest absolute Gasteiger partial charge is 0.440 e. The lowest BCUT2D eigenvalue weighted by Gasteiger charge is -2.40. The first-order chi connectivity index (χ1) is 14.9. The zero-order valence-corrected chi connectivity index (χ0v) is 18.9. The fourth-order valence-corrected chi connectivity index (χ4v) is 4.52. The first-order valence-electron chi connectivity index (χ1n) is 10.1. The Kier molecular flexibility index (Phi) is 6.11. The highest BCUT2D eigenvalue weighted by atomic mass is 35.5. The molecule has 2 N–H and O–H groups in total. The third-order valence-electron chi connectivity index (χ3n) is 5.67. The van der Waals surface area contributed by atoms with Crippen LogP contribution in [0.3, 0.4) is 0 Å². The van der Waals surface area contributed by atoms with E-state index in [9.17, 15) is 5.26 Å². The molecule has 1 atom stereocenters. The zero-order valence-electron chi connectivity index (χ0n) is 17.4. The minimum absolute atomic E-state index is 0.140. The third kappa shape index (κ3) is 4.36. The number of rotatable bonds is 3. The Morgan fingerprint density at radius 1 is 1.13 bits per heavy atom. The monoisotopic (exact) mass is 451 g/mol. The second kappa shape index (κ2) is 8.80. The molecule has 4 rings (SSSR count). The summed E-state index contributed by atoms with van der Waals surface area (Å²) in [5.74, 6) is 0.566. The predicted octanol–water partition coefficient (Wildman–Crippen LogP) is 5.86. The summed E-state index contributed by atoms with van der Waals surface area (Å²) < 4.78 is 6.07. The molecule has 0 spiro atoms. The van der Waals surface area contributed by atoms with E-state index >= 15 is 0 Å². The second-order valence-corrected chi connectivity index (χ2v) is 8.93. The highest BCUT2D eigenvalue weighted by Crippen LogP contribution is 2.44. The number of allylic oxidation sites excluding steroid dienone is 1. The molecule has 2 aliphatic heterocycles. The van der Waals surface area contributed by atoms with Gasteiger partial charge in [0.25, 0.3) is 0 Å². The van der Waals surface area contributed by atoms with Gasteiger partial charge in [-0.1, -0.05) is 47.5 Å². The van der Waals surface area contributed by atoms with E-state index in [-0.39, 0.29) is 11.8 Å². The minimum Gasteiger partial charge on any atom is -0.440 e. The van der Waals surface area contributed by atoms with Crippen LogP contribution in [0.2, 0.25) is 10.0 Å². The quantitative estimate of drug-likeness (QED) is 0.634. The fraction of sp³-hybridized carbons (Fsp3) is 0.240. The molecule has 1 unspecified atom stereocenters. The predicted molar refractivity (Wildman–Crippen MR) is 125 cm³/mol. The van der Waals surface area contributed by atoms with E-state index in [0.29, 0.717) is 34.7 Å². The van der Waals surface area contributed by atoms with Crippen LogP contribution in [-0.4, -0.2) is 24.0 Å². The van der Waals surface area contributed by atoms with Gasteiger partial charge >= 0.3 is 0 Å². The molecule has 0 radical (unpaired) electrons. The first kappa shape index (κ1) is 21.5. The van der Waals surface area contributed by atoms with E-state index in [2.05, 4.69) is 30.9 Å². The number of nitrogens with two attached hydrogens (primary N) is 1. The molecule has 6 heteroatoms. The van der Waals surface area contributed by atoms with E-state index in [1.165, 1.54) is 0 Å². The average Bonchev–Trinajstić information content (AvgIpc) is 2.73. The molecule has 2 aromatic carbocycles. The lowest BCUT2D eigenvalue weighted by Crippen LogP contribution is -2.41. The van der Waals surface area contributed by atoms with E-state index in [4.69, 9.17) is 33.7 Å². The Hall–Kier alpha value is -2.71. The molecule has 158 valence electrons. The summed E-state index contributed by atoms with van der Waals surface area (Å²) in [6.07, 6.45) is 2.08. The van der Waals surface area contributed by atoms with Crippen LogP contribution >= 0.6 is 23.2 Å². The van der Waals surface area contributed by atoms with Crippen LogP contribution in [0.15, 0.2) is 76.9 Å². The molecule has 0 amide bonds. The van der Waals surface area contributed by atoms with Crippen LogP contribution < -0.4 is 5.73 Å². The maximum atomic E-state index is 9.89. The number of benzene rings is 2. The smallest absolute Gasteiger partial charge is 0.205 e. The Balaban J connectivity index is 1.90. The van der Waals surface area contributed by atoms with Crippen molar-refractivity contribution in [2.24, 2.45) is 5.73 Å². The number of hydrogen-bond donors (Lipinski definition) is 1. The van der Waals surface area contributed by atoms with Crippen molar-refractivity contribution in [3.8, 4) is 6.07 Å². The van der Waals surface area contributed by atoms with Crippen molar-refractivity contribution in [3.05, 3.63) is 98.1 Å². The van der Waals surface area contributed by atoms with Crippen LogP contribution in [0.5, 0.6) is 0 Å². The molecule has 2 aromatic rings. The van der Waals surface area contributed by atoms with Gasteiger partial charge in [-0.05, 0) is 60.9 Å². The van der Waals surface area contributed by atoms with Crippen molar-refractivity contribution >= 4 is 29.3 Å². The van der Waals surface area contributed by atoms with Gasteiger partial charge in [-0.25, -0.2) is 0 Å². The third-order valence-corrected chi connectivity index (χ3v) is 6.14. The molecular weight excluding hydrogens is 429 g/mol. The molecular formula is C25H23Cl2N3O. The van der Waals surface area contributed by atoms with Crippen molar-refractivity contribution in [2.75, 3.05) is 13.1 Å². The number of hydrogen-bond acceptors (Lipinski definition) is 4.